The number of thioether (sulfide) groups is 1. The highest BCUT2D eigenvalue weighted by Gasteiger charge is 2.33. The molecule has 0 aromatic carbocycles. The van der Waals surface area contributed by atoms with Crippen molar-refractivity contribution < 1.29 is 14.7 Å². The van der Waals surface area contributed by atoms with Crippen molar-refractivity contribution in [1.82, 2.24) is 9.47 Å². The van der Waals surface area contributed by atoms with Crippen LogP contribution in [0.5, 0.6) is 0 Å². The number of carboxylic acids is 1. The van der Waals surface area contributed by atoms with Gasteiger partial charge in [-0.3, -0.25) is 23.9 Å². The van der Waals surface area contributed by atoms with E-state index in [-0.39, 0.29) is 30.0 Å². The Bertz CT molecular complexity index is 1060. The molecular formula is C21H24N4O4S2. The van der Waals surface area contributed by atoms with Crippen molar-refractivity contribution in [2.24, 2.45) is 7.05 Å². The Morgan fingerprint density at radius 2 is 1.90 bits per heavy atom. The van der Waals surface area contributed by atoms with Crippen LogP contribution in [0, 0.1) is 18.3 Å². The number of nitriles is 1. The monoisotopic (exact) mass is 460 g/mol. The van der Waals surface area contributed by atoms with Crippen LogP contribution in [0.3, 0.4) is 0 Å². The Morgan fingerprint density at radius 1 is 1.26 bits per heavy atom. The average molecular weight is 461 g/mol. The molecular weight excluding hydrogens is 436 g/mol. The second kappa shape index (κ2) is 9.66. The number of nitrogens with zero attached hydrogens (tertiary/aromatic N) is 4. The van der Waals surface area contributed by atoms with E-state index in [1.165, 1.54) is 9.47 Å². The van der Waals surface area contributed by atoms with Gasteiger partial charge in [0.2, 0.25) is 0 Å². The summed E-state index contributed by atoms with van der Waals surface area (Å²) >= 11 is 6.39. The van der Waals surface area contributed by atoms with Gasteiger partial charge in [-0.05, 0) is 31.4 Å². The third kappa shape index (κ3) is 4.67. The van der Waals surface area contributed by atoms with Crippen LogP contribution in [-0.4, -0.2) is 50.4 Å². The normalized spacial score (nSPS) is 18.4. The van der Waals surface area contributed by atoms with Gasteiger partial charge in [-0.25, -0.2) is 0 Å². The third-order valence-corrected chi connectivity index (χ3v) is 6.95. The number of carboxylic acid groups (broad SMARTS) is 1. The summed E-state index contributed by atoms with van der Waals surface area (Å²) in [5, 5.41) is 18.5. The quantitative estimate of drug-likeness (QED) is 0.528. The summed E-state index contributed by atoms with van der Waals surface area (Å²) in [4.78, 5) is 40.4. The zero-order valence-corrected chi connectivity index (χ0v) is 19.1. The van der Waals surface area contributed by atoms with Crippen molar-refractivity contribution in [3.05, 3.63) is 31.9 Å². The molecule has 31 heavy (non-hydrogen) atoms. The first-order chi connectivity index (χ1) is 14.8. The van der Waals surface area contributed by atoms with Gasteiger partial charge in [-0.1, -0.05) is 36.8 Å². The molecule has 2 fully saturated rings. The van der Waals surface area contributed by atoms with E-state index in [9.17, 15) is 19.6 Å². The van der Waals surface area contributed by atoms with E-state index >= 15 is 0 Å². The molecule has 0 atom stereocenters. The van der Waals surface area contributed by atoms with Crippen LogP contribution < -0.4 is 10.5 Å². The molecule has 0 unspecified atom stereocenters. The number of hydrogen-bond acceptors (Lipinski definition) is 7. The highest BCUT2D eigenvalue weighted by molar-refractivity contribution is 8.26. The maximum absolute atomic E-state index is 12.9. The molecule has 1 aromatic rings. The Hall–Kier alpha value is -2.64. The minimum absolute atomic E-state index is 0.00598. The standard InChI is InChI=1S/C21H24N4O4S2/c1-13-14(11-16-20(29)25(21(30)31-16)10-7-17(26)27)18(23(2)19(28)15(13)12-22)24-8-5-3-4-6-9-24/h11H,3-10H2,1-2H3,(H,26,27)/b16-11+. The van der Waals surface area contributed by atoms with Crippen molar-refractivity contribution in [3.63, 3.8) is 0 Å². The Morgan fingerprint density at radius 3 is 2.48 bits per heavy atom. The van der Waals surface area contributed by atoms with Gasteiger partial charge >= 0.3 is 5.97 Å². The zero-order valence-electron chi connectivity index (χ0n) is 17.5. The van der Waals surface area contributed by atoms with Gasteiger partial charge in [-0.15, -0.1) is 0 Å². The summed E-state index contributed by atoms with van der Waals surface area (Å²) in [7, 11) is 1.65. The molecule has 1 aromatic heterocycles. The number of amides is 1. The molecule has 8 nitrogen and oxygen atoms in total. The fourth-order valence-electron chi connectivity index (χ4n) is 3.91. The largest absolute Gasteiger partial charge is 0.481 e. The molecule has 2 aliphatic rings. The summed E-state index contributed by atoms with van der Waals surface area (Å²) in [6, 6.07) is 2.00. The van der Waals surface area contributed by atoms with Gasteiger partial charge in [-0.2, -0.15) is 5.26 Å². The second-order valence-electron chi connectivity index (χ2n) is 7.59. The lowest BCUT2D eigenvalue weighted by Crippen LogP contribution is -2.34. The van der Waals surface area contributed by atoms with E-state index in [0.29, 0.717) is 26.2 Å². The molecule has 1 amide bonds. The molecule has 3 heterocycles. The predicted molar refractivity (Wildman–Crippen MR) is 124 cm³/mol. The van der Waals surface area contributed by atoms with Gasteiger partial charge in [0, 0.05) is 32.2 Å². The van der Waals surface area contributed by atoms with Crippen LogP contribution in [0.25, 0.3) is 6.08 Å². The fourth-order valence-corrected chi connectivity index (χ4v) is 5.20. The number of carbonyl (C=O) groups excluding carboxylic acids is 1. The number of thiocarbonyl (C=S) groups is 1. The molecule has 0 aliphatic carbocycles. The minimum atomic E-state index is -1.01. The predicted octanol–water partition coefficient (Wildman–Crippen LogP) is 2.62. The number of carbonyl (C=O) groups is 2. The lowest BCUT2D eigenvalue weighted by molar-refractivity contribution is -0.137. The zero-order chi connectivity index (χ0) is 22.7. The summed E-state index contributed by atoms with van der Waals surface area (Å²) in [5.41, 5.74) is 0.874. The van der Waals surface area contributed by atoms with Crippen molar-refractivity contribution in [2.45, 2.75) is 39.0 Å². The second-order valence-corrected chi connectivity index (χ2v) is 9.27. The summed E-state index contributed by atoms with van der Waals surface area (Å²) < 4.78 is 1.80. The SMILES string of the molecule is Cc1c(/C=C2/SC(=S)N(CCC(=O)O)C2=O)c(N2CCCCCC2)n(C)c(=O)c1C#N. The van der Waals surface area contributed by atoms with E-state index in [1.807, 2.05) is 6.07 Å². The maximum Gasteiger partial charge on any atom is 0.305 e. The molecule has 3 rings (SSSR count). The van der Waals surface area contributed by atoms with Gasteiger partial charge in [0.05, 0.1) is 11.3 Å². The number of pyridine rings is 1. The Labute approximate surface area is 190 Å². The van der Waals surface area contributed by atoms with Gasteiger partial charge in [0.15, 0.2) is 0 Å². The molecule has 2 aliphatic heterocycles. The fraction of sp³-hybridized carbons (Fsp3) is 0.476. The number of rotatable bonds is 5. The molecule has 2 saturated heterocycles. The number of aromatic nitrogens is 1. The van der Waals surface area contributed by atoms with Crippen LogP contribution >= 0.6 is 24.0 Å². The average Bonchev–Trinajstić information content (AvgIpc) is 2.90. The van der Waals surface area contributed by atoms with Crippen LogP contribution in [0.4, 0.5) is 5.82 Å². The Balaban J connectivity index is 2.11. The van der Waals surface area contributed by atoms with Crippen molar-refractivity contribution in [1.29, 1.82) is 5.26 Å². The van der Waals surface area contributed by atoms with Gasteiger partial charge in [0.25, 0.3) is 11.5 Å². The number of hydrogen-bond donors (Lipinski definition) is 1. The highest BCUT2D eigenvalue weighted by atomic mass is 32.2. The van der Waals surface area contributed by atoms with E-state index in [2.05, 4.69) is 4.90 Å². The Kier molecular flexibility index (Phi) is 7.18. The van der Waals surface area contributed by atoms with Crippen LogP contribution in [-0.2, 0) is 16.6 Å². The molecule has 164 valence electrons. The number of anilines is 1. The van der Waals surface area contributed by atoms with E-state index < -0.39 is 5.97 Å². The van der Waals surface area contributed by atoms with Crippen LogP contribution in [0.1, 0.15) is 48.8 Å². The first-order valence-electron chi connectivity index (χ1n) is 10.1. The van der Waals surface area contributed by atoms with Crippen LogP contribution in [0.2, 0.25) is 0 Å². The van der Waals surface area contributed by atoms with E-state index in [4.69, 9.17) is 17.3 Å². The number of aliphatic carboxylic acids is 1. The first-order valence-corrected chi connectivity index (χ1v) is 11.3. The molecule has 1 N–H and O–H groups in total. The molecule has 0 saturated carbocycles. The summed E-state index contributed by atoms with van der Waals surface area (Å²) in [5.74, 6) is -0.668. The van der Waals surface area contributed by atoms with Gasteiger partial charge in [0.1, 0.15) is 21.8 Å². The topological polar surface area (TPSA) is 107 Å². The van der Waals surface area contributed by atoms with E-state index in [0.717, 1.165) is 50.5 Å². The van der Waals surface area contributed by atoms with Crippen molar-refractivity contribution in [2.75, 3.05) is 24.5 Å². The van der Waals surface area contributed by atoms with Gasteiger partial charge < -0.3 is 10.0 Å². The third-order valence-electron chi connectivity index (χ3n) is 5.57. The lowest BCUT2D eigenvalue weighted by Gasteiger charge is -2.28. The minimum Gasteiger partial charge on any atom is -0.481 e. The molecule has 0 radical (unpaired) electrons. The smallest absolute Gasteiger partial charge is 0.305 e. The summed E-state index contributed by atoms with van der Waals surface area (Å²) in [6.45, 7) is 3.31. The lowest BCUT2D eigenvalue weighted by atomic mass is 10.0. The molecule has 0 bridgehead atoms. The molecule has 0 spiro atoms. The summed E-state index contributed by atoms with van der Waals surface area (Å²) in [6.07, 6.45) is 5.74. The highest BCUT2D eigenvalue weighted by Crippen LogP contribution is 2.36. The van der Waals surface area contributed by atoms with E-state index in [1.54, 1.807) is 20.0 Å². The molecule has 10 heteroatoms. The van der Waals surface area contributed by atoms with Crippen molar-refractivity contribution >= 4 is 52.1 Å². The van der Waals surface area contributed by atoms with Crippen molar-refractivity contribution in [3.8, 4) is 6.07 Å². The maximum atomic E-state index is 12.9. The first kappa shape index (κ1) is 23.0. The van der Waals surface area contributed by atoms with Crippen LogP contribution in [0.15, 0.2) is 9.70 Å².